The van der Waals surface area contributed by atoms with Crippen molar-refractivity contribution in [2.24, 2.45) is 5.92 Å². The van der Waals surface area contributed by atoms with Crippen molar-refractivity contribution in [1.29, 1.82) is 0 Å². The second-order valence-electron chi connectivity index (χ2n) is 5.28. The molecule has 1 aromatic carbocycles. The van der Waals surface area contributed by atoms with Gasteiger partial charge in [0.05, 0.1) is 0 Å². The Balaban J connectivity index is 1.72. The number of urea groups is 1. The van der Waals surface area contributed by atoms with E-state index in [1.807, 2.05) is 24.3 Å². The smallest absolute Gasteiger partial charge is 0.328 e. The molecule has 3 rings (SSSR count). The number of carbonyl (C=O) groups excluding carboxylic acids is 2. The van der Waals surface area contributed by atoms with Gasteiger partial charge in [-0.15, -0.1) is 0 Å². The molecule has 0 radical (unpaired) electrons. The van der Waals surface area contributed by atoms with Gasteiger partial charge in [-0.1, -0.05) is 6.92 Å². The molecule has 100 valence electrons. The van der Waals surface area contributed by atoms with E-state index in [-0.39, 0.29) is 11.9 Å². The Kier molecular flexibility index (Phi) is 2.89. The van der Waals surface area contributed by atoms with Crippen LogP contribution in [0, 0.1) is 5.92 Å². The average Bonchev–Trinajstić information content (AvgIpc) is 2.36. The predicted molar refractivity (Wildman–Crippen MR) is 73.3 cm³/mol. The summed E-state index contributed by atoms with van der Waals surface area (Å²) in [4.78, 5) is 26.7. The number of hydrogen-bond donors (Lipinski definition) is 1. The Labute approximate surface area is 112 Å². The molecule has 2 saturated heterocycles. The highest BCUT2D eigenvalue weighted by Crippen LogP contribution is 2.27. The number of amides is 3. The van der Waals surface area contributed by atoms with Gasteiger partial charge in [0.1, 0.15) is 0 Å². The maximum Gasteiger partial charge on any atom is 0.328 e. The Hall–Kier alpha value is -2.04. The quantitative estimate of drug-likeness (QED) is 0.877. The van der Waals surface area contributed by atoms with Crippen LogP contribution in [0.2, 0.25) is 0 Å². The van der Waals surface area contributed by atoms with Gasteiger partial charge in [0.15, 0.2) is 0 Å². The standard InChI is InChI=1S/C14H17N3O2/c1-10-8-16(9-10)11-2-4-12(5-3-11)17-7-6-13(18)15-14(17)19/h2-5,10H,6-9H2,1H3,(H,15,18,19). The van der Waals surface area contributed by atoms with Crippen LogP contribution in [0.25, 0.3) is 0 Å². The summed E-state index contributed by atoms with van der Waals surface area (Å²) in [6, 6.07) is 7.61. The van der Waals surface area contributed by atoms with E-state index in [9.17, 15) is 9.59 Å². The molecule has 5 heteroatoms. The van der Waals surface area contributed by atoms with Crippen molar-refractivity contribution < 1.29 is 9.59 Å². The molecule has 0 spiro atoms. The van der Waals surface area contributed by atoms with E-state index >= 15 is 0 Å². The van der Waals surface area contributed by atoms with E-state index in [0.717, 1.165) is 24.7 Å². The van der Waals surface area contributed by atoms with Crippen LogP contribution in [-0.4, -0.2) is 31.6 Å². The molecule has 2 aliphatic heterocycles. The van der Waals surface area contributed by atoms with Crippen LogP contribution >= 0.6 is 0 Å². The molecule has 0 aliphatic carbocycles. The molecule has 19 heavy (non-hydrogen) atoms. The first-order valence-electron chi connectivity index (χ1n) is 6.60. The van der Waals surface area contributed by atoms with Crippen molar-refractivity contribution >= 4 is 23.3 Å². The van der Waals surface area contributed by atoms with Crippen molar-refractivity contribution in [1.82, 2.24) is 5.32 Å². The van der Waals surface area contributed by atoms with Crippen molar-refractivity contribution in [2.75, 3.05) is 29.4 Å². The van der Waals surface area contributed by atoms with E-state index < -0.39 is 0 Å². The lowest BCUT2D eigenvalue weighted by molar-refractivity contribution is -0.120. The van der Waals surface area contributed by atoms with Gasteiger partial charge in [-0.25, -0.2) is 4.79 Å². The average molecular weight is 259 g/mol. The fourth-order valence-electron chi connectivity index (χ4n) is 2.56. The zero-order valence-electron chi connectivity index (χ0n) is 10.9. The fraction of sp³-hybridized carbons (Fsp3) is 0.429. The minimum absolute atomic E-state index is 0.201. The molecular formula is C14H17N3O2. The molecule has 0 aromatic heterocycles. The van der Waals surface area contributed by atoms with Crippen LogP contribution in [0.4, 0.5) is 16.2 Å². The molecule has 5 nitrogen and oxygen atoms in total. The molecule has 0 unspecified atom stereocenters. The van der Waals surface area contributed by atoms with E-state index in [0.29, 0.717) is 13.0 Å². The number of nitrogens with one attached hydrogen (secondary N) is 1. The molecular weight excluding hydrogens is 242 g/mol. The number of rotatable bonds is 2. The van der Waals surface area contributed by atoms with Crippen LogP contribution in [0.15, 0.2) is 24.3 Å². The molecule has 3 amide bonds. The summed E-state index contributed by atoms with van der Waals surface area (Å²) >= 11 is 0. The van der Waals surface area contributed by atoms with E-state index in [4.69, 9.17) is 0 Å². The molecule has 1 N–H and O–H groups in total. The highest BCUT2D eigenvalue weighted by molar-refractivity contribution is 6.05. The number of anilines is 2. The van der Waals surface area contributed by atoms with Crippen LogP contribution in [0.1, 0.15) is 13.3 Å². The normalized spacial score (nSPS) is 20.3. The Morgan fingerprint density at radius 3 is 2.32 bits per heavy atom. The third kappa shape index (κ3) is 2.28. The van der Waals surface area contributed by atoms with Crippen molar-refractivity contribution in [2.45, 2.75) is 13.3 Å². The summed E-state index contributed by atoms with van der Waals surface area (Å²) in [7, 11) is 0. The van der Waals surface area contributed by atoms with Gasteiger partial charge in [0, 0.05) is 37.4 Å². The fourth-order valence-corrected chi connectivity index (χ4v) is 2.56. The summed E-state index contributed by atoms with van der Waals surface area (Å²) in [5.74, 6) is 0.561. The first kappa shape index (κ1) is 12.0. The predicted octanol–water partition coefficient (Wildman–Crippen LogP) is 1.59. The first-order valence-corrected chi connectivity index (χ1v) is 6.60. The minimum atomic E-state index is -0.332. The summed E-state index contributed by atoms with van der Waals surface area (Å²) in [5, 5.41) is 2.33. The summed E-state index contributed by atoms with van der Waals surface area (Å²) in [5.41, 5.74) is 2.03. The van der Waals surface area contributed by atoms with Crippen LogP contribution in [0.5, 0.6) is 0 Å². The van der Waals surface area contributed by atoms with E-state index in [1.54, 1.807) is 4.90 Å². The second-order valence-corrected chi connectivity index (χ2v) is 5.28. The molecule has 1 aromatic rings. The largest absolute Gasteiger partial charge is 0.371 e. The first-order chi connectivity index (χ1) is 9.13. The molecule has 0 saturated carbocycles. The number of hydrogen-bond acceptors (Lipinski definition) is 3. The van der Waals surface area contributed by atoms with Crippen molar-refractivity contribution in [3.63, 3.8) is 0 Å². The zero-order valence-corrected chi connectivity index (χ0v) is 10.9. The number of nitrogens with zero attached hydrogens (tertiary/aromatic N) is 2. The lowest BCUT2D eigenvalue weighted by Crippen LogP contribution is -2.49. The van der Waals surface area contributed by atoms with Crippen LogP contribution in [0.3, 0.4) is 0 Å². The van der Waals surface area contributed by atoms with Crippen LogP contribution < -0.4 is 15.1 Å². The van der Waals surface area contributed by atoms with Gasteiger partial charge in [0.25, 0.3) is 0 Å². The highest BCUT2D eigenvalue weighted by atomic mass is 16.2. The van der Waals surface area contributed by atoms with Crippen molar-refractivity contribution in [3.05, 3.63) is 24.3 Å². The minimum Gasteiger partial charge on any atom is -0.371 e. The Morgan fingerprint density at radius 1 is 1.11 bits per heavy atom. The van der Waals surface area contributed by atoms with E-state index in [1.165, 1.54) is 5.69 Å². The van der Waals surface area contributed by atoms with Gasteiger partial charge in [-0.3, -0.25) is 15.0 Å². The maximum atomic E-state index is 11.7. The molecule has 2 aliphatic rings. The maximum absolute atomic E-state index is 11.7. The molecule has 0 bridgehead atoms. The second kappa shape index (κ2) is 4.57. The van der Waals surface area contributed by atoms with Gasteiger partial charge >= 0.3 is 6.03 Å². The van der Waals surface area contributed by atoms with Gasteiger partial charge < -0.3 is 4.90 Å². The van der Waals surface area contributed by atoms with E-state index in [2.05, 4.69) is 17.1 Å². The Morgan fingerprint density at radius 2 is 1.74 bits per heavy atom. The number of benzene rings is 1. The summed E-state index contributed by atoms with van der Waals surface area (Å²) < 4.78 is 0. The highest BCUT2D eigenvalue weighted by Gasteiger charge is 2.25. The third-order valence-electron chi connectivity index (χ3n) is 3.64. The van der Waals surface area contributed by atoms with Gasteiger partial charge in [-0.2, -0.15) is 0 Å². The summed E-state index contributed by atoms with van der Waals surface area (Å²) in [6.07, 6.45) is 0.358. The van der Waals surface area contributed by atoms with Gasteiger partial charge in [-0.05, 0) is 30.2 Å². The lowest BCUT2D eigenvalue weighted by atomic mass is 10.0. The number of imide groups is 1. The summed E-state index contributed by atoms with van der Waals surface area (Å²) in [6.45, 7) is 4.88. The topological polar surface area (TPSA) is 52.6 Å². The lowest BCUT2D eigenvalue weighted by Gasteiger charge is -2.39. The third-order valence-corrected chi connectivity index (χ3v) is 3.64. The van der Waals surface area contributed by atoms with Crippen LogP contribution in [-0.2, 0) is 4.79 Å². The Bertz CT molecular complexity index is 506. The van der Waals surface area contributed by atoms with Crippen molar-refractivity contribution in [3.8, 4) is 0 Å². The monoisotopic (exact) mass is 259 g/mol. The molecule has 2 fully saturated rings. The number of carbonyl (C=O) groups is 2. The molecule has 2 heterocycles. The SMILES string of the molecule is CC1CN(c2ccc(N3CCC(=O)NC3=O)cc2)C1. The van der Waals surface area contributed by atoms with Gasteiger partial charge in [0.2, 0.25) is 5.91 Å². The zero-order chi connectivity index (χ0) is 13.4. The molecule has 0 atom stereocenters.